The zero-order valence-corrected chi connectivity index (χ0v) is 13.5. The van der Waals surface area contributed by atoms with Crippen LogP contribution >= 0.6 is 0 Å². The molecule has 1 aromatic heterocycles. The lowest BCUT2D eigenvalue weighted by atomic mass is 10.1. The summed E-state index contributed by atoms with van der Waals surface area (Å²) < 4.78 is 0. The van der Waals surface area contributed by atoms with Gasteiger partial charge in [-0.2, -0.15) is 4.98 Å². The summed E-state index contributed by atoms with van der Waals surface area (Å²) in [5.41, 5.74) is 2.44. The van der Waals surface area contributed by atoms with E-state index in [-0.39, 0.29) is 10.6 Å². The Labute approximate surface area is 139 Å². The maximum atomic E-state index is 11.1. The van der Waals surface area contributed by atoms with Crippen molar-refractivity contribution in [2.45, 2.75) is 44.6 Å². The average molecular weight is 325 g/mol. The van der Waals surface area contributed by atoms with E-state index in [1.807, 2.05) is 12.1 Å². The van der Waals surface area contributed by atoms with E-state index in [0.717, 1.165) is 31.4 Å². The van der Waals surface area contributed by atoms with E-state index < -0.39 is 0 Å². The normalized spacial score (nSPS) is 16.7. The molecular formula is C17H19N5O2. The second-order valence-electron chi connectivity index (χ2n) is 6.53. The standard InChI is InChI=1S/C17H19N5O2/c1-10-13(3-2-4-15(10)22(23)24)19-16-9-14(11-5-6-11)20-17(21-16)18-12-7-8-12/h2-4,9,11-12H,5-8H2,1H3,(H2,18,19,20,21). The maximum Gasteiger partial charge on any atom is 0.274 e. The molecule has 0 unspecified atom stereocenters. The van der Waals surface area contributed by atoms with Gasteiger partial charge in [-0.05, 0) is 38.7 Å². The van der Waals surface area contributed by atoms with Crippen molar-refractivity contribution >= 4 is 23.1 Å². The molecule has 24 heavy (non-hydrogen) atoms. The topological polar surface area (TPSA) is 93.0 Å². The molecule has 124 valence electrons. The van der Waals surface area contributed by atoms with E-state index in [4.69, 9.17) is 0 Å². The minimum Gasteiger partial charge on any atom is -0.351 e. The number of nitrogens with one attached hydrogen (secondary N) is 2. The summed E-state index contributed by atoms with van der Waals surface area (Å²) in [6.45, 7) is 1.74. The number of hydrogen-bond donors (Lipinski definition) is 2. The highest BCUT2D eigenvalue weighted by Crippen LogP contribution is 2.40. The molecule has 0 atom stereocenters. The van der Waals surface area contributed by atoms with Crippen LogP contribution in [0.1, 0.15) is 42.9 Å². The van der Waals surface area contributed by atoms with E-state index in [1.165, 1.54) is 6.07 Å². The summed E-state index contributed by atoms with van der Waals surface area (Å²) in [4.78, 5) is 19.9. The number of hydrogen-bond acceptors (Lipinski definition) is 6. The molecule has 4 rings (SSSR count). The average Bonchev–Trinajstić information content (AvgIpc) is 3.43. The predicted octanol–water partition coefficient (Wildman–Crippen LogP) is 3.89. The lowest BCUT2D eigenvalue weighted by Crippen LogP contribution is -2.09. The molecule has 2 saturated carbocycles. The zero-order chi connectivity index (χ0) is 16.7. The van der Waals surface area contributed by atoms with Crippen LogP contribution in [-0.4, -0.2) is 20.9 Å². The van der Waals surface area contributed by atoms with Gasteiger partial charge < -0.3 is 10.6 Å². The van der Waals surface area contributed by atoms with Gasteiger partial charge in [0.1, 0.15) is 5.82 Å². The van der Waals surface area contributed by atoms with Gasteiger partial charge >= 0.3 is 0 Å². The lowest BCUT2D eigenvalue weighted by molar-refractivity contribution is -0.385. The third kappa shape index (κ3) is 3.15. The first-order valence-corrected chi connectivity index (χ1v) is 8.26. The van der Waals surface area contributed by atoms with Crippen LogP contribution in [0.4, 0.5) is 23.1 Å². The number of anilines is 3. The fourth-order valence-electron chi connectivity index (χ4n) is 2.69. The molecule has 7 nitrogen and oxygen atoms in total. The third-order valence-electron chi connectivity index (χ3n) is 4.42. The SMILES string of the molecule is Cc1c(Nc2cc(C3CC3)nc(NC3CC3)n2)cccc1[N+](=O)[O-]. The van der Waals surface area contributed by atoms with Crippen LogP contribution in [-0.2, 0) is 0 Å². The van der Waals surface area contributed by atoms with Gasteiger partial charge in [-0.3, -0.25) is 10.1 Å². The van der Waals surface area contributed by atoms with Crippen molar-refractivity contribution in [3.63, 3.8) is 0 Å². The quantitative estimate of drug-likeness (QED) is 0.618. The van der Waals surface area contributed by atoms with Crippen LogP contribution in [0.25, 0.3) is 0 Å². The highest BCUT2D eigenvalue weighted by atomic mass is 16.6. The number of aromatic nitrogens is 2. The third-order valence-corrected chi connectivity index (χ3v) is 4.42. The van der Waals surface area contributed by atoms with Crippen molar-refractivity contribution < 1.29 is 4.92 Å². The van der Waals surface area contributed by atoms with Crippen LogP contribution in [0.5, 0.6) is 0 Å². The summed E-state index contributed by atoms with van der Waals surface area (Å²) in [6, 6.07) is 7.45. The highest BCUT2D eigenvalue weighted by Gasteiger charge is 2.28. The van der Waals surface area contributed by atoms with Gasteiger partial charge in [0.05, 0.1) is 16.2 Å². The number of nitrogens with zero attached hydrogens (tertiary/aromatic N) is 3. The van der Waals surface area contributed by atoms with E-state index in [1.54, 1.807) is 13.0 Å². The first-order chi connectivity index (χ1) is 11.6. The van der Waals surface area contributed by atoms with Crippen LogP contribution in [0.3, 0.4) is 0 Å². The molecule has 2 aliphatic carbocycles. The maximum absolute atomic E-state index is 11.1. The molecule has 0 bridgehead atoms. The van der Waals surface area contributed by atoms with Crippen LogP contribution in [0.15, 0.2) is 24.3 Å². The molecule has 2 aromatic rings. The molecule has 0 aliphatic heterocycles. The zero-order valence-electron chi connectivity index (χ0n) is 13.5. The van der Waals surface area contributed by atoms with Gasteiger partial charge in [0.25, 0.3) is 5.69 Å². The first kappa shape index (κ1) is 14.9. The summed E-state index contributed by atoms with van der Waals surface area (Å²) in [5.74, 6) is 1.84. The molecular weight excluding hydrogens is 306 g/mol. The highest BCUT2D eigenvalue weighted by molar-refractivity contribution is 5.66. The Morgan fingerprint density at radius 2 is 2.00 bits per heavy atom. The van der Waals surface area contributed by atoms with Gasteiger partial charge in [-0.15, -0.1) is 0 Å². The Balaban J connectivity index is 1.64. The first-order valence-electron chi connectivity index (χ1n) is 8.26. The van der Waals surface area contributed by atoms with Gasteiger partial charge in [-0.25, -0.2) is 4.98 Å². The van der Waals surface area contributed by atoms with Crippen molar-refractivity contribution in [2.75, 3.05) is 10.6 Å². The second-order valence-corrected chi connectivity index (χ2v) is 6.53. The Bertz CT molecular complexity index is 800. The van der Waals surface area contributed by atoms with Gasteiger partial charge in [0.15, 0.2) is 0 Å². The molecule has 0 radical (unpaired) electrons. The molecule has 0 saturated heterocycles. The van der Waals surface area contributed by atoms with Crippen LogP contribution < -0.4 is 10.6 Å². The number of nitro benzene ring substituents is 1. The molecule has 2 fully saturated rings. The minimum absolute atomic E-state index is 0.104. The molecule has 7 heteroatoms. The minimum atomic E-state index is -0.365. The largest absolute Gasteiger partial charge is 0.351 e. The molecule has 1 heterocycles. The lowest BCUT2D eigenvalue weighted by Gasteiger charge is -2.12. The van der Waals surface area contributed by atoms with Crippen LogP contribution in [0, 0.1) is 17.0 Å². The van der Waals surface area contributed by atoms with E-state index in [9.17, 15) is 10.1 Å². The second kappa shape index (κ2) is 5.74. The Kier molecular flexibility index (Phi) is 3.55. The smallest absolute Gasteiger partial charge is 0.274 e. The van der Waals surface area contributed by atoms with Crippen molar-refractivity contribution in [2.24, 2.45) is 0 Å². The van der Waals surface area contributed by atoms with E-state index >= 15 is 0 Å². The van der Waals surface area contributed by atoms with E-state index in [2.05, 4.69) is 20.6 Å². The molecule has 0 spiro atoms. The summed E-state index contributed by atoms with van der Waals surface area (Å²) in [5, 5.41) is 17.7. The molecule has 0 amide bonds. The Hall–Kier alpha value is -2.70. The van der Waals surface area contributed by atoms with Crippen LogP contribution in [0.2, 0.25) is 0 Å². The predicted molar refractivity (Wildman–Crippen MR) is 91.8 cm³/mol. The summed E-state index contributed by atoms with van der Waals surface area (Å²) in [7, 11) is 0. The summed E-state index contributed by atoms with van der Waals surface area (Å²) >= 11 is 0. The van der Waals surface area contributed by atoms with Gasteiger partial charge in [0, 0.05) is 29.8 Å². The fourth-order valence-corrected chi connectivity index (χ4v) is 2.69. The monoisotopic (exact) mass is 325 g/mol. The van der Waals surface area contributed by atoms with Crippen molar-refractivity contribution in [1.29, 1.82) is 0 Å². The van der Waals surface area contributed by atoms with Gasteiger partial charge in [-0.1, -0.05) is 6.07 Å². The molecule has 2 N–H and O–H groups in total. The number of benzene rings is 1. The summed E-state index contributed by atoms with van der Waals surface area (Å²) in [6.07, 6.45) is 4.64. The Morgan fingerprint density at radius 1 is 1.21 bits per heavy atom. The van der Waals surface area contributed by atoms with Crippen molar-refractivity contribution in [3.8, 4) is 0 Å². The van der Waals surface area contributed by atoms with Gasteiger partial charge in [0.2, 0.25) is 5.95 Å². The molecule has 2 aliphatic rings. The molecule has 1 aromatic carbocycles. The number of nitro groups is 1. The van der Waals surface area contributed by atoms with E-state index in [0.29, 0.717) is 35.0 Å². The Morgan fingerprint density at radius 3 is 2.67 bits per heavy atom. The number of rotatable bonds is 6. The fraction of sp³-hybridized carbons (Fsp3) is 0.412. The van der Waals surface area contributed by atoms with Crippen molar-refractivity contribution in [1.82, 2.24) is 9.97 Å². The van der Waals surface area contributed by atoms with Crippen molar-refractivity contribution in [3.05, 3.63) is 45.6 Å².